The van der Waals surface area contributed by atoms with E-state index >= 15 is 0 Å². The summed E-state index contributed by atoms with van der Waals surface area (Å²) in [5, 5.41) is 2.57. The van der Waals surface area contributed by atoms with Crippen molar-refractivity contribution in [3.05, 3.63) is 48.0 Å². The topological polar surface area (TPSA) is 94.2 Å². The van der Waals surface area contributed by atoms with E-state index < -0.39 is 35.3 Å². The minimum absolute atomic E-state index is 0.0357. The number of nitrogens with one attached hydrogen (secondary N) is 1. The maximum Gasteiger partial charge on any atom is 0.422 e. The highest BCUT2D eigenvalue weighted by Gasteiger charge is 2.28. The molecule has 12 heteroatoms. The number of fused-ring (bicyclic) bond motifs is 1. The normalized spacial score (nSPS) is 13.7. The van der Waals surface area contributed by atoms with Gasteiger partial charge in [-0.25, -0.2) is 8.42 Å². The van der Waals surface area contributed by atoms with Gasteiger partial charge in [-0.05, 0) is 29.8 Å². The monoisotopic (exact) mass is 474 g/mol. The van der Waals surface area contributed by atoms with Crippen LogP contribution >= 0.6 is 0 Å². The zero-order valence-electron chi connectivity index (χ0n) is 17.0. The molecule has 0 aliphatic carbocycles. The number of hydrogen-bond acceptors (Lipinski definition) is 6. The second-order valence-electron chi connectivity index (χ2n) is 6.89. The quantitative estimate of drug-likeness (QED) is 0.631. The molecular formula is C20H21F3N2O6S. The van der Waals surface area contributed by atoms with Gasteiger partial charge in [-0.15, -0.1) is 0 Å². The summed E-state index contributed by atoms with van der Waals surface area (Å²) in [6.07, 6.45) is -4.43. The van der Waals surface area contributed by atoms with Crippen LogP contribution in [-0.2, 0) is 21.4 Å². The van der Waals surface area contributed by atoms with Crippen LogP contribution < -0.4 is 19.5 Å². The zero-order valence-corrected chi connectivity index (χ0v) is 17.8. The standard InChI is InChI=1S/C20H21F3N2O6S/c1-25(32(27,28)16-6-7-17-18(10-16)30-9-8-29-17)12-19(26)24-11-14-2-4-15(5-3-14)31-13-20(21,22)23/h2-7,10H,8-9,11-13H2,1H3,(H,24,26). The summed E-state index contributed by atoms with van der Waals surface area (Å²) >= 11 is 0. The molecule has 8 nitrogen and oxygen atoms in total. The van der Waals surface area contributed by atoms with E-state index in [1.165, 1.54) is 49.5 Å². The number of nitrogens with zero attached hydrogens (tertiary/aromatic N) is 1. The van der Waals surface area contributed by atoms with Crippen molar-refractivity contribution in [3.63, 3.8) is 0 Å². The number of benzene rings is 2. The molecule has 1 aliphatic rings. The van der Waals surface area contributed by atoms with Gasteiger partial charge in [-0.3, -0.25) is 4.79 Å². The van der Waals surface area contributed by atoms with Gasteiger partial charge in [0.2, 0.25) is 15.9 Å². The number of likely N-dealkylation sites (N-methyl/N-ethyl adjacent to an activating group) is 1. The maximum absolute atomic E-state index is 12.8. The Morgan fingerprint density at radius 2 is 1.75 bits per heavy atom. The van der Waals surface area contributed by atoms with E-state index in [1.54, 1.807) is 0 Å². The Kier molecular flexibility index (Phi) is 7.14. The smallest absolute Gasteiger partial charge is 0.422 e. The van der Waals surface area contributed by atoms with Crippen LogP contribution in [0.4, 0.5) is 13.2 Å². The summed E-state index contributed by atoms with van der Waals surface area (Å²) in [5.74, 6) is 0.261. The van der Waals surface area contributed by atoms with Crippen LogP contribution in [0.3, 0.4) is 0 Å². The van der Waals surface area contributed by atoms with Gasteiger partial charge >= 0.3 is 6.18 Å². The minimum atomic E-state index is -4.43. The number of alkyl halides is 3. The van der Waals surface area contributed by atoms with Gasteiger partial charge in [0, 0.05) is 19.7 Å². The molecule has 2 aromatic carbocycles. The minimum Gasteiger partial charge on any atom is -0.486 e. The molecular weight excluding hydrogens is 453 g/mol. The van der Waals surface area contributed by atoms with Gasteiger partial charge in [0.1, 0.15) is 19.0 Å². The van der Waals surface area contributed by atoms with Gasteiger partial charge < -0.3 is 19.5 Å². The molecule has 0 fully saturated rings. The fourth-order valence-electron chi connectivity index (χ4n) is 2.78. The van der Waals surface area contributed by atoms with Crippen LogP contribution in [0, 0.1) is 0 Å². The summed E-state index contributed by atoms with van der Waals surface area (Å²) in [6.45, 7) is -1.07. The number of carbonyl (C=O) groups is 1. The number of rotatable bonds is 8. The van der Waals surface area contributed by atoms with Crippen LogP contribution in [-0.4, -0.2) is 58.2 Å². The van der Waals surface area contributed by atoms with Crippen LogP contribution in [0.2, 0.25) is 0 Å². The maximum atomic E-state index is 12.8. The van der Waals surface area contributed by atoms with Crippen molar-refractivity contribution in [3.8, 4) is 17.2 Å². The number of sulfonamides is 1. The molecule has 0 saturated heterocycles. The van der Waals surface area contributed by atoms with Crippen molar-refractivity contribution in [2.75, 3.05) is 33.4 Å². The second kappa shape index (κ2) is 9.65. The molecule has 0 radical (unpaired) electrons. The van der Waals surface area contributed by atoms with Crippen LogP contribution in [0.25, 0.3) is 0 Å². The van der Waals surface area contributed by atoms with Crippen molar-refractivity contribution in [1.29, 1.82) is 0 Å². The molecule has 3 rings (SSSR count). The third-order valence-electron chi connectivity index (χ3n) is 4.40. The second-order valence-corrected chi connectivity index (χ2v) is 8.94. The van der Waals surface area contributed by atoms with Crippen LogP contribution in [0.1, 0.15) is 5.56 Å². The van der Waals surface area contributed by atoms with Crippen molar-refractivity contribution >= 4 is 15.9 Å². The predicted molar refractivity (Wildman–Crippen MR) is 107 cm³/mol. The van der Waals surface area contributed by atoms with Gasteiger partial charge in [0.15, 0.2) is 18.1 Å². The van der Waals surface area contributed by atoms with Crippen molar-refractivity contribution in [1.82, 2.24) is 9.62 Å². The number of carbonyl (C=O) groups excluding carboxylic acids is 1. The lowest BCUT2D eigenvalue weighted by atomic mass is 10.2. The van der Waals surface area contributed by atoms with E-state index in [1.807, 2.05) is 0 Å². The van der Waals surface area contributed by atoms with E-state index in [-0.39, 0.29) is 17.2 Å². The molecule has 0 spiro atoms. The molecule has 174 valence electrons. The lowest BCUT2D eigenvalue weighted by Crippen LogP contribution is -2.38. The Labute approximate surface area is 182 Å². The molecule has 0 saturated carbocycles. The lowest BCUT2D eigenvalue weighted by molar-refractivity contribution is -0.153. The molecule has 1 heterocycles. The van der Waals surface area contributed by atoms with E-state index in [9.17, 15) is 26.4 Å². The first kappa shape index (κ1) is 23.7. The third-order valence-corrected chi connectivity index (χ3v) is 6.20. The largest absolute Gasteiger partial charge is 0.486 e. The highest BCUT2D eigenvalue weighted by molar-refractivity contribution is 7.89. The third kappa shape index (κ3) is 6.26. The Balaban J connectivity index is 1.53. The van der Waals surface area contributed by atoms with E-state index in [4.69, 9.17) is 9.47 Å². The Morgan fingerprint density at radius 3 is 2.41 bits per heavy atom. The highest BCUT2D eigenvalue weighted by atomic mass is 32.2. The van der Waals surface area contributed by atoms with Gasteiger partial charge in [0.05, 0.1) is 11.4 Å². The fourth-order valence-corrected chi connectivity index (χ4v) is 3.92. The SMILES string of the molecule is CN(CC(=O)NCc1ccc(OCC(F)(F)F)cc1)S(=O)(=O)c1ccc2c(c1)OCCO2. The summed E-state index contributed by atoms with van der Waals surface area (Å²) < 4.78 is 78.3. The molecule has 0 aromatic heterocycles. The van der Waals surface area contributed by atoms with Crippen molar-refractivity contribution in [2.45, 2.75) is 17.6 Å². The fraction of sp³-hybridized carbons (Fsp3) is 0.350. The summed E-state index contributed by atoms with van der Waals surface area (Å²) in [5.41, 5.74) is 0.607. The Bertz CT molecular complexity index is 1060. The Hall–Kier alpha value is -2.99. The van der Waals surface area contributed by atoms with Gasteiger partial charge in [-0.1, -0.05) is 12.1 Å². The number of halogens is 3. The molecule has 1 aliphatic heterocycles. The molecule has 0 atom stereocenters. The van der Waals surface area contributed by atoms with Gasteiger partial charge in [0.25, 0.3) is 0 Å². The average Bonchev–Trinajstić information content (AvgIpc) is 2.76. The van der Waals surface area contributed by atoms with Crippen LogP contribution in [0.5, 0.6) is 17.2 Å². The zero-order chi connectivity index (χ0) is 23.4. The predicted octanol–water partition coefficient (Wildman–Crippen LogP) is 2.34. The van der Waals surface area contributed by atoms with E-state index in [0.29, 0.717) is 30.3 Å². The number of hydrogen-bond donors (Lipinski definition) is 1. The molecule has 1 amide bonds. The van der Waals surface area contributed by atoms with Crippen molar-refractivity contribution in [2.24, 2.45) is 0 Å². The highest BCUT2D eigenvalue weighted by Crippen LogP contribution is 2.32. The Morgan fingerprint density at radius 1 is 1.09 bits per heavy atom. The molecule has 2 aromatic rings. The number of amides is 1. The molecule has 1 N–H and O–H groups in total. The average molecular weight is 474 g/mol. The van der Waals surface area contributed by atoms with E-state index in [0.717, 1.165) is 4.31 Å². The number of ether oxygens (including phenoxy) is 3. The molecule has 0 unspecified atom stereocenters. The first-order valence-electron chi connectivity index (χ1n) is 9.46. The molecule has 32 heavy (non-hydrogen) atoms. The summed E-state index contributed by atoms with van der Waals surface area (Å²) in [6, 6.07) is 9.93. The summed E-state index contributed by atoms with van der Waals surface area (Å²) in [4.78, 5) is 12.2. The van der Waals surface area contributed by atoms with Gasteiger partial charge in [-0.2, -0.15) is 17.5 Å². The first-order valence-corrected chi connectivity index (χ1v) is 10.9. The van der Waals surface area contributed by atoms with Crippen LogP contribution in [0.15, 0.2) is 47.4 Å². The van der Waals surface area contributed by atoms with E-state index in [2.05, 4.69) is 10.1 Å². The first-order chi connectivity index (χ1) is 15.0. The summed E-state index contributed by atoms with van der Waals surface area (Å²) in [7, 11) is -2.67. The lowest BCUT2D eigenvalue weighted by Gasteiger charge is -2.21. The molecule has 0 bridgehead atoms. The van der Waals surface area contributed by atoms with Crippen molar-refractivity contribution < 1.29 is 40.6 Å².